The summed E-state index contributed by atoms with van der Waals surface area (Å²) < 4.78 is 0. The minimum Gasteiger partial charge on any atom is -0.478 e. The highest BCUT2D eigenvalue weighted by Gasteiger charge is 2.37. The van der Waals surface area contributed by atoms with Gasteiger partial charge < -0.3 is 15.7 Å². The van der Waals surface area contributed by atoms with Gasteiger partial charge >= 0.3 is 12.0 Å². The van der Waals surface area contributed by atoms with E-state index in [1.807, 2.05) is 0 Å². The molecule has 0 spiro atoms. The maximum Gasteiger partial charge on any atom is 0.337 e. The summed E-state index contributed by atoms with van der Waals surface area (Å²) in [7, 11) is 0. The van der Waals surface area contributed by atoms with Crippen molar-refractivity contribution in [2.24, 2.45) is 5.41 Å². The van der Waals surface area contributed by atoms with E-state index in [0.29, 0.717) is 12.2 Å². The van der Waals surface area contributed by atoms with Gasteiger partial charge in [0.05, 0.1) is 17.4 Å². The van der Waals surface area contributed by atoms with Gasteiger partial charge in [-0.3, -0.25) is 4.98 Å². The number of carboxylic acid groups (broad SMARTS) is 1. The number of aromatic carboxylic acids is 1. The molecule has 0 bridgehead atoms. The first-order chi connectivity index (χ1) is 8.48. The summed E-state index contributed by atoms with van der Waals surface area (Å²) in [6, 6.07) is 1.03. The Labute approximate surface area is 104 Å². The molecule has 1 aromatic heterocycles. The molecule has 1 aliphatic rings. The van der Waals surface area contributed by atoms with Crippen LogP contribution < -0.4 is 10.6 Å². The van der Waals surface area contributed by atoms with E-state index >= 15 is 0 Å². The normalized spacial score (nSPS) is 15.8. The van der Waals surface area contributed by atoms with Crippen LogP contribution in [0.25, 0.3) is 0 Å². The van der Waals surface area contributed by atoms with Gasteiger partial charge in [0.1, 0.15) is 0 Å². The Bertz CT molecular complexity index is 483. The number of carbonyl (C=O) groups excluding carboxylic acids is 1. The third kappa shape index (κ3) is 3.19. The van der Waals surface area contributed by atoms with E-state index in [2.05, 4.69) is 22.5 Å². The predicted molar refractivity (Wildman–Crippen MR) is 65.6 cm³/mol. The fourth-order valence-electron chi connectivity index (χ4n) is 1.48. The van der Waals surface area contributed by atoms with Gasteiger partial charge in [0.2, 0.25) is 0 Å². The first-order valence-corrected chi connectivity index (χ1v) is 5.72. The van der Waals surface area contributed by atoms with Gasteiger partial charge in [-0.05, 0) is 24.3 Å². The predicted octanol–water partition coefficient (Wildman–Crippen LogP) is 1.70. The molecule has 0 aromatic carbocycles. The molecule has 6 nitrogen and oxygen atoms in total. The maximum atomic E-state index is 11.6. The number of carboxylic acids is 1. The zero-order chi connectivity index (χ0) is 13.2. The molecule has 3 N–H and O–H groups in total. The monoisotopic (exact) mass is 249 g/mol. The Balaban J connectivity index is 1.90. The molecule has 18 heavy (non-hydrogen) atoms. The molecule has 0 radical (unpaired) electrons. The second kappa shape index (κ2) is 4.64. The van der Waals surface area contributed by atoms with E-state index in [9.17, 15) is 9.59 Å². The van der Waals surface area contributed by atoms with Crippen LogP contribution in [-0.2, 0) is 0 Å². The number of hydrogen-bond donors (Lipinski definition) is 3. The summed E-state index contributed by atoms with van der Waals surface area (Å²) in [5.74, 6) is -1.07. The zero-order valence-electron chi connectivity index (χ0n) is 10.1. The molecular weight excluding hydrogens is 234 g/mol. The lowest BCUT2D eigenvalue weighted by molar-refractivity contribution is 0.0696. The van der Waals surface area contributed by atoms with Crippen LogP contribution >= 0.6 is 0 Å². The van der Waals surface area contributed by atoms with Crippen molar-refractivity contribution in [1.29, 1.82) is 0 Å². The standard InChI is InChI=1S/C12H15N3O3/c1-12(2-3-12)7-14-11(18)15-9-4-8(10(16)17)5-13-6-9/h4-6H,2-3,7H2,1H3,(H,16,17)(H2,14,15,18). The quantitative estimate of drug-likeness (QED) is 0.757. The molecule has 6 heteroatoms. The number of carbonyl (C=O) groups is 2. The van der Waals surface area contributed by atoms with E-state index in [-0.39, 0.29) is 17.0 Å². The number of hydrogen-bond acceptors (Lipinski definition) is 3. The molecule has 0 atom stereocenters. The molecule has 1 fully saturated rings. The van der Waals surface area contributed by atoms with E-state index in [4.69, 9.17) is 5.11 Å². The first kappa shape index (κ1) is 12.3. The third-order valence-electron chi connectivity index (χ3n) is 3.02. The van der Waals surface area contributed by atoms with Gasteiger partial charge in [0.25, 0.3) is 0 Å². The molecule has 2 rings (SSSR count). The van der Waals surface area contributed by atoms with Crippen molar-refractivity contribution < 1.29 is 14.7 Å². The van der Waals surface area contributed by atoms with Crippen LogP contribution in [0.2, 0.25) is 0 Å². The van der Waals surface area contributed by atoms with Crippen molar-refractivity contribution in [3.8, 4) is 0 Å². The Morgan fingerprint density at radius 1 is 1.44 bits per heavy atom. The molecule has 1 aliphatic carbocycles. The highest BCUT2D eigenvalue weighted by atomic mass is 16.4. The number of nitrogens with one attached hydrogen (secondary N) is 2. The molecule has 0 saturated heterocycles. The Hall–Kier alpha value is -2.11. The summed E-state index contributed by atoms with van der Waals surface area (Å²) >= 11 is 0. The fourth-order valence-corrected chi connectivity index (χ4v) is 1.48. The van der Waals surface area contributed by atoms with Crippen molar-refractivity contribution in [1.82, 2.24) is 10.3 Å². The molecule has 2 amide bonds. The number of pyridine rings is 1. The van der Waals surface area contributed by atoms with Crippen molar-refractivity contribution in [2.75, 3.05) is 11.9 Å². The van der Waals surface area contributed by atoms with Crippen LogP contribution in [0.3, 0.4) is 0 Å². The van der Waals surface area contributed by atoms with E-state index in [1.165, 1.54) is 18.5 Å². The van der Waals surface area contributed by atoms with Crippen LogP contribution in [0.15, 0.2) is 18.5 Å². The van der Waals surface area contributed by atoms with Gasteiger partial charge in [0.15, 0.2) is 0 Å². The van der Waals surface area contributed by atoms with Gasteiger partial charge in [-0.2, -0.15) is 0 Å². The first-order valence-electron chi connectivity index (χ1n) is 5.72. The molecule has 1 aromatic rings. The Morgan fingerprint density at radius 3 is 2.78 bits per heavy atom. The number of aromatic nitrogens is 1. The number of anilines is 1. The lowest BCUT2D eigenvalue weighted by atomic mass is 10.1. The zero-order valence-corrected chi connectivity index (χ0v) is 10.1. The molecule has 1 heterocycles. The highest BCUT2D eigenvalue weighted by Crippen LogP contribution is 2.43. The lowest BCUT2D eigenvalue weighted by Gasteiger charge is -2.11. The summed E-state index contributed by atoms with van der Waals surface area (Å²) in [6.07, 6.45) is 4.90. The molecule has 96 valence electrons. The number of rotatable bonds is 4. The molecule has 1 saturated carbocycles. The Morgan fingerprint density at radius 2 is 2.17 bits per heavy atom. The van der Waals surface area contributed by atoms with Crippen molar-refractivity contribution in [2.45, 2.75) is 19.8 Å². The van der Waals surface area contributed by atoms with Gasteiger partial charge in [-0.1, -0.05) is 6.92 Å². The number of urea groups is 1. The summed E-state index contributed by atoms with van der Waals surface area (Å²) in [4.78, 5) is 26.1. The van der Waals surface area contributed by atoms with Crippen LogP contribution in [0.4, 0.5) is 10.5 Å². The largest absolute Gasteiger partial charge is 0.478 e. The molecule has 0 unspecified atom stereocenters. The SMILES string of the molecule is CC1(CNC(=O)Nc2cncc(C(=O)O)c2)CC1. The van der Waals surface area contributed by atoms with Gasteiger partial charge in [-0.15, -0.1) is 0 Å². The summed E-state index contributed by atoms with van der Waals surface area (Å²) in [5.41, 5.74) is 0.647. The average Bonchev–Trinajstić information content (AvgIpc) is 3.06. The van der Waals surface area contributed by atoms with Crippen LogP contribution in [0.5, 0.6) is 0 Å². The van der Waals surface area contributed by atoms with Crippen molar-refractivity contribution in [3.05, 3.63) is 24.0 Å². The molecular formula is C12H15N3O3. The lowest BCUT2D eigenvalue weighted by Crippen LogP contribution is -2.33. The number of amides is 2. The highest BCUT2D eigenvalue weighted by molar-refractivity contribution is 5.92. The maximum absolute atomic E-state index is 11.6. The van der Waals surface area contributed by atoms with Gasteiger partial charge in [-0.25, -0.2) is 9.59 Å². The molecule has 0 aliphatic heterocycles. The second-order valence-electron chi connectivity index (χ2n) is 4.89. The second-order valence-corrected chi connectivity index (χ2v) is 4.89. The van der Waals surface area contributed by atoms with Crippen LogP contribution in [0.1, 0.15) is 30.1 Å². The van der Waals surface area contributed by atoms with Crippen LogP contribution in [0, 0.1) is 5.41 Å². The minimum atomic E-state index is -1.07. The van der Waals surface area contributed by atoms with Crippen LogP contribution in [-0.4, -0.2) is 28.6 Å². The topological polar surface area (TPSA) is 91.3 Å². The van der Waals surface area contributed by atoms with E-state index < -0.39 is 5.97 Å². The number of nitrogens with zero attached hydrogens (tertiary/aromatic N) is 1. The van der Waals surface area contributed by atoms with Crippen molar-refractivity contribution >= 4 is 17.7 Å². The third-order valence-corrected chi connectivity index (χ3v) is 3.02. The average molecular weight is 249 g/mol. The minimum absolute atomic E-state index is 0.0435. The van der Waals surface area contributed by atoms with Gasteiger partial charge in [0, 0.05) is 12.7 Å². The van der Waals surface area contributed by atoms with E-state index in [0.717, 1.165) is 12.8 Å². The van der Waals surface area contributed by atoms with Crippen molar-refractivity contribution in [3.63, 3.8) is 0 Å². The Kier molecular flexibility index (Phi) is 3.18. The fraction of sp³-hybridized carbons (Fsp3) is 0.417. The summed E-state index contributed by atoms with van der Waals surface area (Å²) in [6.45, 7) is 2.74. The smallest absolute Gasteiger partial charge is 0.337 e. The van der Waals surface area contributed by atoms with E-state index in [1.54, 1.807) is 0 Å². The summed E-state index contributed by atoms with van der Waals surface area (Å²) in [5, 5.41) is 14.1.